The van der Waals surface area contributed by atoms with Crippen molar-refractivity contribution in [2.45, 2.75) is 19.8 Å². The van der Waals surface area contributed by atoms with Crippen molar-refractivity contribution < 1.29 is 4.52 Å². The molecule has 2 heterocycles. The zero-order valence-corrected chi connectivity index (χ0v) is 11.3. The zero-order chi connectivity index (χ0) is 13.9. The van der Waals surface area contributed by atoms with Gasteiger partial charge in [0.1, 0.15) is 5.82 Å². The van der Waals surface area contributed by atoms with Crippen LogP contribution < -0.4 is 5.73 Å². The molecule has 3 aromatic rings. The Balaban J connectivity index is 1.74. The molecular formula is C14H17N5O. The summed E-state index contributed by atoms with van der Waals surface area (Å²) in [6.07, 6.45) is 1.25. The van der Waals surface area contributed by atoms with Crippen molar-refractivity contribution >= 4 is 11.0 Å². The maximum absolute atomic E-state index is 5.59. The summed E-state index contributed by atoms with van der Waals surface area (Å²) in [5.41, 5.74) is 7.55. The number of aromatic amines is 1. The van der Waals surface area contributed by atoms with Crippen LogP contribution in [0.3, 0.4) is 0 Å². The molecule has 2 aromatic heterocycles. The molecule has 0 spiro atoms. The van der Waals surface area contributed by atoms with Gasteiger partial charge in [0, 0.05) is 6.42 Å². The zero-order valence-electron chi connectivity index (χ0n) is 11.3. The first-order chi connectivity index (χ1) is 9.74. The lowest BCUT2D eigenvalue weighted by atomic mass is 10.1. The lowest BCUT2D eigenvalue weighted by Gasteiger charge is -2.01. The van der Waals surface area contributed by atoms with Crippen LogP contribution >= 0.6 is 0 Å². The molecule has 104 valence electrons. The normalized spacial score (nSPS) is 12.9. The van der Waals surface area contributed by atoms with Gasteiger partial charge < -0.3 is 15.2 Å². The van der Waals surface area contributed by atoms with E-state index in [9.17, 15) is 0 Å². The number of benzene rings is 1. The molecule has 0 saturated heterocycles. The topological polar surface area (TPSA) is 93.6 Å². The number of H-pyrrole nitrogens is 1. The predicted octanol–water partition coefficient (Wildman–Crippen LogP) is 1.67. The first kappa shape index (κ1) is 12.8. The van der Waals surface area contributed by atoms with Crippen molar-refractivity contribution in [3.63, 3.8) is 0 Å². The van der Waals surface area contributed by atoms with E-state index < -0.39 is 0 Å². The van der Waals surface area contributed by atoms with E-state index >= 15 is 0 Å². The minimum atomic E-state index is 0.342. The summed E-state index contributed by atoms with van der Waals surface area (Å²) in [5.74, 6) is 2.46. The van der Waals surface area contributed by atoms with Crippen LogP contribution in [0.2, 0.25) is 0 Å². The minimum Gasteiger partial charge on any atom is -0.342 e. The molecule has 1 atom stereocenters. The molecule has 0 aliphatic carbocycles. The van der Waals surface area contributed by atoms with Gasteiger partial charge in [0.05, 0.1) is 17.5 Å². The van der Waals surface area contributed by atoms with Gasteiger partial charge in [-0.05, 0) is 24.6 Å². The quantitative estimate of drug-likeness (QED) is 0.736. The Morgan fingerprint density at radius 3 is 2.95 bits per heavy atom. The number of para-hydroxylation sites is 2. The van der Waals surface area contributed by atoms with Gasteiger partial charge in [-0.2, -0.15) is 4.98 Å². The summed E-state index contributed by atoms with van der Waals surface area (Å²) in [7, 11) is 0. The third kappa shape index (κ3) is 2.70. The highest BCUT2D eigenvalue weighted by molar-refractivity contribution is 5.74. The molecule has 0 amide bonds. The molecule has 0 saturated carbocycles. The van der Waals surface area contributed by atoms with Crippen LogP contribution in [0.15, 0.2) is 28.8 Å². The number of fused-ring (bicyclic) bond motifs is 1. The summed E-state index contributed by atoms with van der Waals surface area (Å²) >= 11 is 0. The first-order valence-corrected chi connectivity index (χ1v) is 6.69. The van der Waals surface area contributed by atoms with Gasteiger partial charge in [0.15, 0.2) is 5.82 Å². The summed E-state index contributed by atoms with van der Waals surface area (Å²) in [6, 6.07) is 7.91. The van der Waals surface area contributed by atoms with Crippen LogP contribution in [0, 0.1) is 5.92 Å². The Morgan fingerprint density at radius 1 is 1.30 bits per heavy atom. The molecule has 1 aromatic carbocycles. The number of imidazole rings is 1. The average molecular weight is 271 g/mol. The fourth-order valence-corrected chi connectivity index (χ4v) is 2.07. The van der Waals surface area contributed by atoms with Crippen molar-refractivity contribution in [2.75, 3.05) is 6.54 Å². The minimum absolute atomic E-state index is 0.342. The van der Waals surface area contributed by atoms with Crippen molar-refractivity contribution in [3.05, 3.63) is 41.8 Å². The molecule has 0 aliphatic heterocycles. The standard InChI is InChI=1S/C14H17N5O/c1-9(8-15)6-14-18-13(19-20-14)7-12-16-10-4-2-3-5-11(10)17-12/h2-5,9H,6-8,15H2,1H3,(H,16,17). The van der Waals surface area contributed by atoms with Gasteiger partial charge in [-0.15, -0.1) is 0 Å². The van der Waals surface area contributed by atoms with E-state index in [-0.39, 0.29) is 0 Å². The Hall–Kier alpha value is -2.21. The fraction of sp³-hybridized carbons (Fsp3) is 0.357. The van der Waals surface area contributed by atoms with Crippen LogP contribution in [-0.4, -0.2) is 26.7 Å². The molecular weight excluding hydrogens is 254 g/mol. The number of nitrogens with two attached hydrogens (primary N) is 1. The Bertz CT molecular complexity index is 669. The molecule has 0 bridgehead atoms. The summed E-state index contributed by atoms with van der Waals surface area (Å²) in [5, 5.41) is 3.98. The SMILES string of the molecule is CC(CN)Cc1nc(Cc2nc3ccccc3[nH]2)no1. The lowest BCUT2D eigenvalue weighted by molar-refractivity contribution is 0.356. The second-order valence-corrected chi connectivity index (χ2v) is 5.03. The van der Waals surface area contributed by atoms with Gasteiger partial charge in [-0.1, -0.05) is 24.2 Å². The molecule has 6 heteroatoms. The monoisotopic (exact) mass is 271 g/mol. The molecule has 0 radical (unpaired) electrons. The molecule has 6 nitrogen and oxygen atoms in total. The van der Waals surface area contributed by atoms with Gasteiger partial charge in [-0.25, -0.2) is 4.98 Å². The van der Waals surface area contributed by atoms with Crippen LogP contribution in [0.4, 0.5) is 0 Å². The van der Waals surface area contributed by atoms with E-state index in [0.717, 1.165) is 16.9 Å². The Morgan fingerprint density at radius 2 is 2.15 bits per heavy atom. The third-order valence-electron chi connectivity index (χ3n) is 3.20. The Labute approximate surface area is 116 Å². The van der Waals surface area contributed by atoms with E-state index in [0.29, 0.717) is 37.0 Å². The van der Waals surface area contributed by atoms with E-state index in [2.05, 4.69) is 27.0 Å². The smallest absolute Gasteiger partial charge is 0.226 e. The number of aromatic nitrogens is 4. The fourth-order valence-electron chi connectivity index (χ4n) is 2.07. The molecule has 1 unspecified atom stereocenters. The average Bonchev–Trinajstić information content (AvgIpc) is 3.05. The van der Waals surface area contributed by atoms with E-state index in [1.54, 1.807) is 0 Å². The first-order valence-electron chi connectivity index (χ1n) is 6.69. The van der Waals surface area contributed by atoms with Crippen LogP contribution in [-0.2, 0) is 12.8 Å². The maximum atomic E-state index is 5.59. The predicted molar refractivity (Wildman–Crippen MR) is 75.1 cm³/mol. The van der Waals surface area contributed by atoms with Crippen LogP contribution in [0.25, 0.3) is 11.0 Å². The molecule has 3 N–H and O–H groups in total. The maximum Gasteiger partial charge on any atom is 0.226 e. The Kier molecular flexibility index (Phi) is 3.47. The second-order valence-electron chi connectivity index (χ2n) is 5.03. The van der Waals surface area contributed by atoms with Gasteiger partial charge in [0.25, 0.3) is 0 Å². The summed E-state index contributed by atoms with van der Waals surface area (Å²) in [6.45, 7) is 2.67. The van der Waals surface area contributed by atoms with Crippen molar-refractivity contribution in [3.8, 4) is 0 Å². The molecule has 3 rings (SSSR count). The van der Waals surface area contributed by atoms with Crippen molar-refractivity contribution in [1.82, 2.24) is 20.1 Å². The highest BCUT2D eigenvalue weighted by Gasteiger charge is 2.12. The lowest BCUT2D eigenvalue weighted by Crippen LogP contribution is -2.13. The second kappa shape index (κ2) is 5.42. The van der Waals surface area contributed by atoms with E-state index in [1.807, 2.05) is 24.3 Å². The van der Waals surface area contributed by atoms with Crippen molar-refractivity contribution in [2.24, 2.45) is 11.7 Å². The van der Waals surface area contributed by atoms with Crippen molar-refractivity contribution in [1.29, 1.82) is 0 Å². The van der Waals surface area contributed by atoms with E-state index in [1.165, 1.54) is 0 Å². The van der Waals surface area contributed by atoms with Gasteiger partial charge in [0.2, 0.25) is 5.89 Å². The number of nitrogens with zero attached hydrogens (tertiary/aromatic N) is 3. The third-order valence-corrected chi connectivity index (χ3v) is 3.20. The van der Waals surface area contributed by atoms with Gasteiger partial charge >= 0.3 is 0 Å². The number of nitrogens with one attached hydrogen (secondary N) is 1. The molecule has 0 fully saturated rings. The van der Waals surface area contributed by atoms with Gasteiger partial charge in [-0.3, -0.25) is 0 Å². The van der Waals surface area contributed by atoms with E-state index in [4.69, 9.17) is 10.3 Å². The highest BCUT2D eigenvalue weighted by atomic mass is 16.5. The summed E-state index contributed by atoms with van der Waals surface area (Å²) in [4.78, 5) is 12.1. The van der Waals surface area contributed by atoms with Crippen LogP contribution in [0.5, 0.6) is 0 Å². The van der Waals surface area contributed by atoms with Crippen LogP contribution in [0.1, 0.15) is 24.5 Å². The largest absolute Gasteiger partial charge is 0.342 e. The number of hydrogen-bond acceptors (Lipinski definition) is 5. The molecule has 0 aliphatic rings. The molecule has 20 heavy (non-hydrogen) atoms. The highest BCUT2D eigenvalue weighted by Crippen LogP contribution is 2.13. The number of rotatable bonds is 5. The number of hydrogen-bond donors (Lipinski definition) is 2. The summed E-state index contributed by atoms with van der Waals surface area (Å²) < 4.78 is 5.23.